The molecule has 0 saturated carbocycles. The van der Waals surface area contributed by atoms with Crippen LogP contribution in [0.2, 0.25) is 0 Å². The molecule has 0 unspecified atom stereocenters. The predicted octanol–water partition coefficient (Wildman–Crippen LogP) is 5.38. The minimum Gasteiger partial charge on any atom is -0.494 e. The van der Waals surface area contributed by atoms with Crippen LogP contribution >= 0.6 is 0 Å². The number of carbonyl (C=O) groups excluding carboxylic acids is 1. The third kappa shape index (κ3) is 7.12. The van der Waals surface area contributed by atoms with Gasteiger partial charge in [0.2, 0.25) is 5.91 Å². The normalized spacial score (nSPS) is 11.2. The van der Waals surface area contributed by atoms with E-state index in [1.54, 1.807) is 0 Å². The molecule has 0 bridgehead atoms. The maximum atomic E-state index is 11.6. The molecule has 0 atom stereocenters. The van der Waals surface area contributed by atoms with Gasteiger partial charge in [0.1, 0.15) is 11.6 Å². The molecule has 2 aromatic carbocycles. The van der Waals surface area contributed by atoms with E-state index < -0.39 is 0 Å². The average Bonchev–Trinajstić information content (AvgIpc) is 3.13. The van der Waals surface area contributed by atoms with Crippen molar-refractivity contribution in [3.05, 3.63) is 60.4 Å². The predicted molar refractivity (Wildman–Crippen MR) is 126 cm³/mol. The fourth-order valence-corrected chi connectivity index (χ4v) is 3.65. The molecule has 0 radical (unpaired) electrons. The number of aromatic nitrogens is 2. The fraction of sp³-hybridized carbons (Fsp3) is 0.462. The Morgan fingerprint density at radius 2 is 1.74 bits per heavy atom. The van der Waals surface area contributed by atoms with Crippen LogP contribution < -0.4 is 10.1 Å². The van der Waals surface area contributed by atoms with Gasteiger partial charge < -0.3 is 14.6 Å². The van der Waals surface area contributed by atoms with Crippen molar-refractivity contribution >= 4 is 16.9 Å². The number of nitrogens with zero attached hydrogens (tertiary/aromatic N) is 2. The number of ether oxygens (including phenoxy) is 1. The molecule has 0 aliphatic carbocycles. The van der Waals surface area contributed by atoms with Gasteiger partial charge in [-0.15, -0.1) is 0 Å². The van der Waals surface area contributed by atoms with Crippen LogP contribution in [0, 0.1) is 5.92 Å². The first kappa shape index (κ1) is 22.9. The molecule has 0 fully saturated rings. The molecule has 1 N–H and O–H groups in total. The van der Waals surface area contributed by atoms with E-state index in [0.717, 1.165) is 75.3 Å². The minimum atomic E-state index is 0.0537. The van der Waals surface area contributed by atoms with Gasteiger partial charge in [0.15, 0.2) is 0 Å². The Morgan fingerprint density at radius 1 is 0.968 bits per heavy atom. The summed E-state index contributed by atoms with van der Waals surface area (Å²) in [5, 5.41) is 2.99. The van der Waals surface area contributed by atoms with Crippen LogP contribution in [-0.4, -0.2) is 28.6 Å². The number of aryl methyl sites for hydroxylation is 2. The summed E-state index contributed by atoms with van der Waals surface area (Å²) in [7, 11) is 0. The van der Waals surface area contributed by atoms with Gasteiger partial charge >= 0.3 is 0 Å². The van der Waals surface area contributed by atoms with E-state index in [1.165, 1.54) is 5.52 Å². The van der Waals surface area contributed by atoms with Crippen molar-refractivity contribution in [1.82, 2.24) is 14.9 Å². The number of imidazole rings is 1. The lowest BCUT2D eigenvalue weighted by Crippen LogP contribution is -2.28. The van der Waals surface area contributed by atoms with E-state index in [9.17, 15) is 4.79 Å². The van der Waals surface area contributed by atoms with Crippen molar-refractivity contribution in [3.8, 4) is 5.75 Å². The van der Waals surface area contributed by atoms with E-state index >= 15 is 0 Å². The Hall–Kier alpha value is -2.82. The van der Waals surface area contributed by atoms with E-state index in [2.05, 4.69) is 34.1 Å². The summed E-state index contributed by atoms with van der Waals surface area (Å²) >= 11 is 0. The van der Waals surface area contributed by atoms with Gasteiger partial charge in [-0.05, 0) is 49.9 Å². The van der Waals surface area contributed by atoms with Gasteiger partial charge in [-0.25, -0.2) is 4.98 Å². The van der Waals surface area contributed by atoms with Crippen LogP contribution in [0.3, 0.4) is 0 Å². The van der Waals surface area contributed by atoms with E-state index in [0.29, 0.717) is 0 Å². The number of fused-ring (bicyclic) bond motifs is 1. The maximum Gasteiger partial charge on any atom is 0.222 e. The second kappa shape index (κ2) is 12.1. The Balaban J connectivity index is 1.46. The minimum absolute atomic E-state index is 0.0537. The monoisotopic (exact) mass is 421 g/mol. The van der Waals surface area contributed by atoms with Crippen LogP contribution in [0.15, 0.2) is 54.6 Å². The zero-order valence-corrected chi connectivity index (χ0v) is 18.8. The molecule has 5 heteroatoms. The summed E-state index contributed by atoms with van der Waals surface area (Å²) in [6, 6.07) is 18.4. The Labute approximate surface area is 185 Å². The highest BCUT2D eigenvalue weighted by Crippen LogP contribution is 2.19. The third-order valence-electron chi connectivity index (χ3n) is 5.42. The lowest BCUT2D eigenvalue weighted by molar-refractivity contribution is -0.123. The number of hydrogen-bond donors (Lipinski definition) is 1. The maximum absolute atomic E-state index is 11.6. The van der Waals surface area contributed by atoms with Crippen molar-refractivity contribution in [2.75, 3.05) is 13.2 Å². The van der Waals surface area contributed by atoms with Crippen molar-refractivity contribution in [2.45, 2.75) is 58.9 Å². The number of rotatable bonds is 13. The molecule has 31 heavy (non-hydrogen) atoms. The first-order chi connectivity index (χ1) is 15.1. The summed E-state index contributed by atoms with van der Waals surface area (Å²) in [6.45, 7) is 6.29. The van der Waals surface area contributed by atoms with E-state index in [1.807, 2.05) is 44.2 Å². The first-order valence-electron chi connectivity index (χ1n) is 11.5. The van der Waals surface area contributed by atoms with Crippen LogP contribution in [0.25, 0.3) is 11.0 Å². The van der Waals surface area contributed by atoms with Crippen LogP contribution in [0.4, 0.5) is 0 Å². The number of nitrogens with one attached hydrogen (secondary N) is 1. The van der Waals surface area contributed by atoms with E-state index in [-0.39, 0.29) is 11.8 Å². The zero-order chi connectivity index (χ0) is 21.9. The lowest BCUT2D eigenvalue weighted by atomic mass is 10.1. The highest BCUT2D eigenvalue weighted by Gasteiger charge is 2.10. The number of hydrogen-bond acceptors (Lipinski definition) is 3. The zero-order valence-electron chi connectivity index (χ0n) is 18.8. The molecule has 1 aromatic heterocycles. The molecule has 5 nitrogen and oxygen atoms in total. The molecule has 0 aliphatic heterocycles. The Bertz CT molecular complexity index is 934. The quantitative estimate of drug-likeness (QED) is 0.377. The molecule has 166 valence electrons. The standard InChI is InChI=1S/C26H35N3O2/c1-21(2)26(30)27-18-10-4-7-17-25-28-23-15-8-9-16-24(23)29(25)19-11-12-20-31-22-13-5-3-6-14-22/h3,5-6,8-9,13-16,21H,4,7,10-12,17-20H2,1-2H3,(H,27,30). The van der Waals surface area contributed by atoms with Crippen LogP contribution in [0.1, 0.15) is 51.8 Å². The largest absolute Gasteiger partial charge is 0.494 e. The molecule has 1 heterocycles. The van der Waals surface area contributed by atoms with Crippen LogP contribution in [0.5, 0.6) is 5.75 Å². The summed E-state index contributed by atoms with van der Waals surface area (Å²) in [5.41, 5.74) is 2.29. The van der Waals surface area contributed by atoms with Gasteiger partial charge in [-0.1, -0.05) is 50.6 Å². The Morgan fingerprint density at radius 3 is 2.55 bits per heavy atom. The SMILES string of the molecule is CC(C)C(=O)NCCCCCc1nc2ccccc2n1CCCCOc1ccccc1. The summed E-state index contributed by atoms with van der Waals surface area (Å²) < 4.78 is 8.20. The highest BCUT2D eigenvalue weighted by atomic mass is 16.5. The van der Waals surface area contributed by atoms with E-state index in [4.69, 9.17) is 9.72 Å². The van der Waals surface area contributed by atoms with Gasteiger partial charge in [0.25, 0.3) is 0 Å². The molecule has 0 spiro atoms. The number of unbranched alkanes of at least 4 members (excludes halogenated alkanes) is 3. The molecule has 0 aliphatic rings. The average molecular weight is 422 g/mol. The fourth-order valence-electron chi connectivity index (χ4n) is 3.65. The third-order valence-corrected chi connectivity index (χ3v) is 5.42. The van der Waals surface area contributed by atoms with Crippen LogP contribution in [-0.2, 0) is 17.8 Å². The molecule has 0 saturated heterocycles. The van der Waals surface area contributed by atoms with Crippen molar-refractivity contribution in [2.24, 2.45) is 5.92 Å². The molecule has 1 amide bonds. The summed E-state index contributed by atoms with van der Waals surface area (Å²) in [5.74, 6) is 2.29. The number of para-hydroxylation sites is 3. The lowest BCUT2D eigenvalue weighted by Gasteiger charge is -2.11. The molecule has 3 rings (SSSR count). The smallest absolute Gasteiger partial charge is 0.222 e. The van der Waals surface area contributed by atoms with Crippen molar-refractivity contribution in [1.29, 1.82) is 0 Å². The van der Waals surface area contributed by atoms with Gasteiger partial charge in [0, 0.05) is 25.4 Å². The van der Waals surface area contributed by atoms with Gasteiger partial charge in [-0.2, -0.15) is 0 Å². The van der Waals surface area contributed by atoms with Crippen molar-refractivity contribution in [3.63, 3.8) is 0 Å². The molecular weight excluding hydrogens is 386 g/mol. The second-order valence-electron chi connectivity index (χ2n) is 8.29. The van der Waals surface area contributed by atoms with Crippen molar-refractivity contribution < 1.29 is 9.53 Å². The summed E-state index contributed by atoms with van der Waals surface area (Å²) in [6.07, 6.45) is 6.21. The number of carbonyl (C=O) groups is 1. The second-order valence-corrected chi connectivity index (χ2v) is 8.29. The molecule has 3 aromatic rings. The Kier molecular flexibility index (Phi) is 8.95. The first-order valence-corrected chi connectivity index (χ1v) is 11.5. The highest BCUT2D eigenvalue weighted by molar-refractivity contribution is 5.77. The summed E-state index contributed by atoms with van der Waals surface area (Å²) in [4.78, 5) is 16.5. The number of amides is 1. The molecular formula is C26H35N3O2. The number of benzene rings is 2. The van der Waals surface area contributed by atoms with Gasteiger partial charge in [0.05, 0.1) is 17.6 Å². The topological polar surface area (TPSA) is 56.2 Å². The van der Waals surface area contributed by atoms with Gasteiger partial charge in [-0.3, -0.25) is 4.79 Å².